The number of carbonyl (C=O) groups is 2. The van der Waals surface area contributed by atoms with E-state index in [9.17, 15) is 31.2 Å². The van der Waals surface area contributed by atoms with Gasteiger partial charge in [0.1, 0.15) is 11.4 Å². The van der Waals surface area contributed by atoms with Crippen LogP contribution in [0.25, 0.3) is 11.0 Å². The summed E-state index contributed by atoms with van der Waals surface area (Å²) in [5.41, 5.74) is 0.366. The first kappa shape index (κ1) is 26.1. The summed E-state index contributed by atoms with van der Waals surface area (Å²) in [4.78, 5) is 36.2. The van der Waals surface area contributed by atoms with Crippen LogP contribution in [-0.2, 0) is 9.84 Å². The van der Waals surface area contributed by atoms with Gasteiger partial charge in [0.05, 0.1) is 27.2 Å². The zero-order chi connectivity index (χ0) is 26.8. The van der Waals surface area contributed by atoms with E-state index < -0.39 is 33.8 Å². The molecule has 2 aromatic heterocycles. The van der Waals surface area contributed by atoms with E-state index in [1.54, 1.807) is 6.92 Å². The lowest BCUT2D eigenvalue weighted by atomic mass is 10.2. The van der Waals surface area contributed by atoms with Gasteiger partial charge in [-0.25, -0.2) is 18.4 Å². The lowest BCUT2D eigenvalue weighted by Crippen LogP contribution is -2.21. The Morgan fingerprint density at radius 3 is 2.57 bits per heavy atom. The molecule has 15 heteroatoms. The molecule has 10 nitrogen and oxygen atoms in total. The van der Waals surface area contributed by atoms with Gasteiger partial charge in [0.25, 0.3) is 11.8 Å². The number of amides is 2. The van der Waals surface area contributed by atoms with Gasteiger partial charge in [0.15, 0.2) is 15.0 Å². The van der Waals surface area contributed by atoms with E-state index in [0.29, 0.717) is 17.5 Å². The molecule has 0 bridgehead atoms. The van der Waals surface area contributed by atoms with Crippen LogP contribution >= 0.6 is 11.3 Å². The molecule has 2 amide bonds. The number of nitrogens with one attached hydrogen (secondary N) is 3. The zero-order valence-electron chi connectivity index (χ0n) is 18.9. The van der Waals surface area contributed by atoms with Crippen molar-refractivity contribution in [3.05, 3.63) is 59.1 Å². The summed E-state index contributed by atoms with van der Waals surface area (Å²) >= 11 is 0.881. The molecular formula is C22H18F3N5O5S2. The second-order valence-corrected chi connectivity index (χ2v) is 10.5. The third kappa shape index (κ3) is 6.24. The maximum absolute atomic E-state index is 12.6. The molecule has 0 radical (unpaired) electrons. The number of nitrogens with zero attached hydrogens (tertiary/aromatic N) is 2. The van der Waals surface area contributed by atoms with Crippen molar-refractivity contribution in [1.82, 2.24) is 15.0 Å². The minimum absolute atomic E-state index is 0.00381. The summed E-state index contributed by atoms with van der Waals surface area (Å²) in [6, 6.07) is 9.20. The highest BCUT2D eigenvalue weighted by Gasteiger charge is 2.33. The monoisotopic (exact) mass is 553 g/mol. The Bertz CT molecular complexity index is 1580. The standard InChI is InChI=1S/C22H18F3N5O5S2/c1-2-9-37(33,34)12-7-8-14-15(10-12)27-20(26-14)29-19(32)16-11-36-21(28-16)30-18(31)13-5-3-4-6-17(13)35-22(23,24)25/h3-8,10-11H,2,9H2,1H3,(H,28,30,31)(H2,26,27,29,32). The second-order valence-electron chi connectivity index (χ2n) is 7.57. The highest BCUT2D eigenvalue weighted by atomic mass is 32.2. The van der Waals surface area contributed by atoms with Gasteiger partial charge in [-0.2, -0.15) is 0 Å². The molecule has 0 fully saturated rings. The second kappa shape index (κ2) is 10.2. The van der Waals surface area contributed by atoms with Gasteiger partial charge in [-0.3, -0.25) is 20.2 Å². The van der Waals surface area contributed by atoms with Crippen LogP contribution in [0.2, 0.25) is 0 Å². The topological polar surface area (TPSA) is 143 Å². The van der Waals surface area contributed by atoms with E-state index in [1.807, 2.05) is 0 Å². The van der Waals surface area contributed by atoms with Gasteiger partial charge in [-0.15, -0.1) is 24.5 Å². The predicted octanol–water partition coefficient (Wildman–Crippen LogP) is 4.61. The fourth-order valence-corrected chi connectivity index (χ4v) is 5.29. The number of imidazole rings is 1. The number of hydrogen-bond acceptors (Lipinski definition) is 8. The van der Waals surface area contributed by atoms with Crippen molar-refractivity contribution in [2.24, 2.45) is 0 Å². The molecule has 0 unspecified atom stereocenters. The van der Waals surface area contributed by atoms with Gasteiger partial charge in [-0.1, -0.05) is 19.1 Å². The number of carbonyl (C=O) groups excluding carboxylic acids is 2. The van der Waals surface area contributed by atoms with Gasteiger partial charge < -0.3 is 9.72 Å². The third-order valence-corrected chi connectivity index (χ3v) is 7.51. The normalized spacial score (nSPS) is 11.9. The number of rotatable bonds is 8. The Hall–Kier alpha value is -3.98. The first-order valence-corrected chi connectivity index (χ1v) is 13.1. The molecule has 0 atom stereocenters. The van der Waals surface area contributed by atoms with E-state index in [-0.39, 0.29) is 33.0 Å². The number of ether oxygens (including phenoxy) is 1. The Morgan fingerprint density at radius 2 is 1.84 bits per heavy atom. The number of sulfone groups is 1. The fourth-order valence-electron chi connectivity index (χ4n) is 3.26. The summed E-state index contributed by atoms with van der Waals surface area (Å²) in [6.45, 7) is 1.76. The summed E-state index contributed by atoms with van der Waals surface area (Å²) in [6.07, 6.45) is -4.52. The molecule has 2 aromatic carbocycles. The average Bonchev–Trinajstić information content (AvgIpc) is 3.44. The van der Waals surface area contributed by atoms with Gasteiger partial charge in [-0.05, 0) is 36.8 Å². The summed E-state index contributed by atoms with van der Waals surface area (Å²) in [7, 11) is -3.45. The quantitative estimate of drug-likeness (QED) is 0.289. The smallest absolute Gasteiger partial charge is 0.405 e. The molecule has 0 saturated heterocycles. The van der Waals surface area contributed by atoms with Crippen molar-refractivity contribution in [3.8, 4) is 5.75 Å². The molecular weight excluding hydrogens is 535 g/mol. The Kier molecular flexibility index (Phi) is 7.18. The molecule has 194 valence electrons. The van der Waals surface area contributed by atoms with Crippen LogP contribution in [-0.4, -0.2) is 47.3 Å². The van der Waals surface area contributed by atoms with E-state index in [2.05, 4.69) is 30.3 Å². The molecule has 2 heterocycles. The first-order valence-electron chi connectivity index (χ1n) is 10.6. The Balaban J connectivity index is 1.46. The largest absolute Gasteiger partial charge is 0.573 e. The van der Waals surface area contributed by atoms with Crippen molar-refractivity contribution in [2.45, 2.75) is 24.6 Å². The molecule has 37 heavy (non-hydrogen) atoms. The number of benzene rings is 2. The van der Waals surface area contributed by atoms with Crippen LogP contribution in [0, 0.1) is 0 Å². The first-order chi connectivity index (χ1) is 17.4. The molecule has 0 aliphatic carbocycles. The number of fused-ring (bicyclic) bond motifs is 1. The van der Waals surface area contributed by atoms with Crippen molar-refractivity contribution >= 4 is 55.1 Å². The lowest BCUT2D eigenvalue weighted by molar-refractivity contribution is -0.274. The Labute approximate surface area is 211 Å². The minimum Gasteiger partial charge on any atom is -0.405 e. The maximum Gasteiger partial charge on any atom is 0.573 e. The molecule has 0 aliphatic heterocycles. The van der Waals surface area contributed by atoms with E-state index in [0.717, 1.165) is 23.5 Å². The number of para-hydroxylation sites is 1. The summed E-state index contributed by atoms with van der Waals surface area (Å²) in [5.74, 6) is -2.24. The molecule has 4 aromatic rings. The number of aromatic nitrogens is 3. The van der Waals surface area contributed by atoms with Crippen LogP contribution in [0.5, 0.6) is 5.75 Å². The van der Waals surface area contributed by atoms with Crippen molar-refractivity contribution in [2.75, 3.05) is 16.4 Å². The fraction of sp³-hybridized carbons (Fsp3) is 0.182. The summed E-state index contributed by atoms with van der Waals surface area (Å²) < 4.78 is 66.3. The number of alkyl halides is 3. The van der Waals surface area contributed by atoms with Crippen LogP contribution in [0.1, 0.15) is 34.2 Å². The Morgan fingerprint density at radius 1 is 1.08 bits per heavy atom. The zero-order valence-corrected chi connectivity index (χ0v) is 20.6. The maximum atomic E-state index is 12.6. The predicted molar refractivity (Wildman–Crippen MR) is 130 cm³/mol. The van der Waals surface area contributed by atoms with E-state index in [4.69, 9.17) is 0 Å². The SMILES string of the molecule is CCCS(=O)(=O)c1ccc2[nH]c(NC(=O)c3csc(NC(=O)c4ccccc4OC(F)(F)F)n3)nc2c1. The highest BCUT2D eigenvalue weighted by Crippen LogP contribution is 2.27. The van der Waals surface area contributed by atoms with Gasteiger partial charge in [0.2, 0.25) is 5.95 Å². The highest BCUT2D eigenvalue weighted by molar-refractivity contribution is 7.91. The number of aromatic amines is 1. The average molecular weight is 554 g/mol. The van der Waals surface area contributed by atoms with Crippen LogP contribution in [0.15, 0.2) is 52.7 Å². The van der Waals surface area contributed by atoms with Gasteiger partial charge in [0, 0.05) is 5.38 Å². The van der Waals surface area contributed by atoms with Crippen molar-refractivity contribution in [1.29, 1.82) is 0 Å². The number of anilines is 2. The number of hydrogen-bond donors (Lipinski definition) is 3. The van der Waals surface area contributed by atoms with Crippen molar-refractivity contribution in [3.63, 3.8) is 0 Å². The van der Waals surface area contributed by atoms with E-state index in [1.165, 1.54) is 35.7 Å². The molecule has 0 aliphatic rings. The number of halogens is 3. The number of H-pyrrole nitrogens is 1. The molecule has 0 saturated carbocycles. The van der Waals surface area contributed by atoms with E-state index >= 15 is 0 Å². The third-order valence-electron chi connectivity index (χ3n) is 4.83. The van der Waals surface area contributed by atoms with Crippen LogP contribution in [0.4, 0.5) is 24.3 Å². The molecule has 4 rings (SSSR count). The van der Waals surface area contributed by atoms with Crippen molar-refractivity contribution < 1.29 is 35.9 Å². The van der Waals surface area contributed by atoms with Crippen LogP contribution in [0.3, 0.4) is 0 Å². The van der Waals surface area contributed by atoms with Gasteiger partial charge >= 0.3 is 6.36 Å². The lowest BCUT2D eigenvalue weighted by Gasteiger charge is -2.12. The summed E-state index contributed by atoms with van der Waals surface area (Å²) in [5, 5.41) is 6.13. The minimum atomic E-state index is -4.98. The molecule has 0 spiro atoms. The number of thiazole rings is 1. The van der Waals surface area contributed by atoms with Crippen LogP contribution < -0.4 is 15.4 Å². The molecule has 3 N–H and O–H groups in total.